The van der Waals surface area contributed by atoms with E-state index in [-0.39, 0.29) is 6.04 Å². The van der Waals surface area contributed by atoms with Gasteiger partial charge in [-0.3, -0.25) is 14.4 Å². The average molecular weight is 455 g/mol. The Kier molecular flexibility index (Phi) is 4.57. The molecule has 1 unspecified atom stereocenters. The molecule has 0 saturated carbocycles. The fraction of sp³-hybridized carbons (Fsp3) is 0.381. The smallest absolute Gasteiger partial charge is 0.353 e. The zero-order chi connectivity index (χ0) is 22.6. The van der Waals surface area contributed by atoms with Crippen molar-refractivity contribution < 1.29 is 13.2 Å². The molecule has 6 heterocycles. The summed E-state index contributed by atoms with van der Waals surface area (Å²) < 4.78 is 40.9. The van der Waals surface area contributed by atoms with Gasteiger partial charge in [0.25, 0.3) is 0 Å². The molecule has 1 N–H and O–H groups in total. The summed E-state index contributed by atoms with van der Waals surface area (Å²) in [5.74, 6) is 1.05. The number of piperazine rings is 1. The van der Waals surface area contributed by atoms with Crippen molar-refractivity contribution in [1.29, 1.82) is 0 Å². The number of H-pyrrole nitrogens is 1. The molecule has 0 spiro atoms. The second kappa shape index (κ2) is 7.51. The second-order valence-corrected chi connectivity index (χ2v) is 8.37. The summed E-state index contributed by atoms with van der Waals surface area (Å²) in [5.41, 5.74) is 0.817. The molecule has 170 valence electrons. The highest BCUT2D eigenvalue weighted by Gasteiger charge is 2.39. The molecule has 0 aromatic carbocycles. The number of fused-ring (bicyclic) bond motifs is 2. The van der Waals surface area contributed by atoms with Gasteiger partial charge in [0, 0.05) is 43.3 Å². The minimum Gasteiger partial charge on any atom is -0.353 e. The lowest BCUT2D eigenvalue weighted by Gasteiger charge is -2.44. The number of nitrogens with one attached hydrogen (secondary N) is 1. The van der Waals surface area contributed by atoms with Crippen LogP contribution in [0.4, 0.5) is 19.0 Å². The molecule has 0 aliphatic carbocycles. The summed E-state index contributed by atoms with van der Waals surface area (Å²) in [7, 11) is 0. The zero-order valence-electron chi connectivity index (χ0n) is 17.4. The molecule has 2 aliphatic rings. The van der Waals surface area contributed by atoms with Crippen LogP contribution in [0.15, 0.2) is 43.2 Å². The molecule has 0 bridgehead atoms. The molecular weight excluding hydrogens is 435 g/mol. The maximum Gasteiger partial charge on any atom is 0.434 e. The maximum atomic E-state index is 13.2. The SMILES string of the molecule is FC(F)(F)c1cn2c(-c3nccc(N4CC(c5cn[nH]c5)N5CCC[C@H]5C4)n3)cnc2cn1. The summed E-state index contributed by atoms with van der Waals surface area (Å²) in [6.07, 6.45) is 6.64. The van der Waals surface area contributed by atoms with Gasteiger partial charge in [0.2, 0.25) is 0 Å². The van der Waals surface area contributed by atoms with E-state index in [0.29, 0.717) is 23.2 Å². The minimum absolute atomic E-state index is 0.194. The van der Waals surface area contributed by atoms with Crippen LogP contribution in [0.25, 0.3) is 17.2 Å². The summed E-state index contributed by atoms with van der Waals surface area (Å²) in [4.78, 5) is 21.4. The number of hydrogen-bond donors (Lipinski definition) is 1. The van der Waals surface area contributed by atoms with Gasteiger partial charge in [0.1, 0.15) is 11.5 Å². The van der Waals surface area contributed by atoms with Crippen LogP contribution in [0.5, 0.6) is 0 Å². The van der Waals surface area contributed by atoms with Gasteiger partial charge >= 0.3 is 6.18 Å². The van der Waals surface area contributed by atoms with Crippen LogP contribution < -0.4 is 4.90 Å². The van der Waals surface area contributed by atoms with Gasteiger partial charge in [-0.15, -0.1) is 0 Å². The number of hydrogen-bond acceptors (Lipinski definition) is 7. The van der Waals surface area contributed by atoms with Crippen LogP contribution in [0.2, 0.25) is 0 Å². The third kappa shape index (κ3) is 3.50. The van der Waals surface area contributed by atoms with E-state index in [0.717, 1.165) is 56.3 Å². The van der Waals surface area contributed by atoms with E-state index < -0.39 is 11.9 Å². The maximum absolute atomic E-state index is 13.2. The van der Waals surface area contributed by atoms with E-state index in [9.17, 15) is 13.2 Å². The van der Waals surface area contributed by atoms with Gasteiger partial charge in [0.15, 0.2) is 17.2 Å². The first-order valence-electron chi connectivity index (χ1n) is 10.7. The zero-order valence-corrected chi connectivity index (χ0v) is 17.4. The molecular formula is C21H20F3N9. The Balaban J connectivity index is 1.36. The highest BCUT2D eigenvalue weighted by atomic mass is 19.4. The monoisotopic (exact) mass is 455 g/mol. The number of anilines is 1. The van der Waals surface area contributed by atoms with Gasteiger partial charge < -0.3 is 4.90 Å². The Bertz CT molecular complexity index is 1280. The summed E-state index contributed by atoms with van der Waals surface area (Å²) in [6.45, 7) is 2.63. The van der Waals surface area contributed by atoms with Crippen LogP contribution in [0.1, 0.15) is 30.1 Å². The third-order valence-corrected chi connectivity index (χ3v) is 6.43. The molecule has 0 amide bonds. The Morgan fingerprint density at radius 2 is 1.97 bits per heavy atom. The Hall–Kier alpha value is -3.54. The number of rotatable bonds is 3. The van der Waals surface area contributed by atoms with Crippen molar-refractivity contribution in [1.82, 2.24) is 39.4 Å². The molecule has 33 heavy (non-hydrogen) atoms. The lowest BCUT2D eigenvalue weighted by atomic mass is 10.0. The first-order valence-corrected chi connectivity index (χ1v) is 10.7. The third-order valence-electron chi connectivity index (χ3n) is 6.43. The standard InChI is InChI=1S/C21H20F3N9/c22-21(23,24)17-12-33-15(8-27-19(33)9-26-17)20-25-4-3-18(30-20)31-10-14-2-1-5-32(14)16(11-31)13-6-28-29-7-13/h3-4,6-9,12,14,16H,1-2,5,10-11H2,(H,28,29)/t14-,16?/m0/s1. The second-order valence-electron chi connectivity index (χ2n) is 8.37. The molecule has 2 atom stereocenters. The molecule has 4 aromatic heterocycles. The minimum atomic E-state index is -4.55. The Morgan fingerprint density at radius 1 is 1.06 bits per heavy atom. The quantitative estimate of drug-likeness (QED) is 0.508. The van der Waals surface area contributed by atoms with E-state index >= 15 is 0 Å². The average Bonchev–Trinajstić information content (AvgIpc) is 3.58. The number of aromatic amines is 1. The van der Waals surface area contributed by atoms with Crippen LogP contribution in [0, 0.1) is 0 Å². The van der Waals surface area contributed by atoms with Gasteiger partial charge in [0.05, 0.1) is 24.6 Å². The molecule has 2 saturated heterocycles. The Labute approximate surface area is 186 Å². The first kappa shape index (κ1) is 20.1. The van der Waals surface area contributed by atoms with Gasteiger partial charge in [-0.2, -0.15) is 18.3 Å². The van der Waals surface area contributed by atoms with E-state index in [4.69, 9.17) is 4.98 Å². The number of alkyl halides is 3. The molecule has 2 aliphatic heterocycles. The van der Waals surface area contributed by atoms with E-state index in [1.807, 2.05) is 18.5 Å². The van der Waals surface area contributed by atoms with Gasteiger partial charge in [-0.1, -0.05) is 0 Å². The molecule has 9 nitrogen and oxygen atoms in total. The van der Waals surface area contributed by atoms with Crippen molar-refractivity contribution in [3.63, 3.8) is 0 Å². The van der Waals surface area contributed by atoms with Gasteiger partial charge in [-0.25, -0.2) is 19.9 Å². The number of imidazole rings is 1. The molecule has 12 heteroatoms. The van der Waals surface area contributed by atoms with Crippen molar-refractivity contribution in [3.05, 3.63) is 54.5 Å². The van der Waals surface area contributed by atoms with Crippen LogP contribution in [0.3, 0.4) is 0 Å². The lowest BCUT2D eigenvalue weighted by molar-refractivity contribution is -0.141. The normalized spacial score (nSPS) is 21.6. The number of nitrogens with zero attached hydrogens (tertiary/aromatic N) is 8. The molecule has 2 fully saturated rings. The van der Waals surface area contributed by atoms with E-state index in [2.05, 4.69) is 34.9 Å². The van der Waals surface area contributed by atoms with E-state index in [1.165, 1.54) is 10.6 Å². The molecule has 0 radical (unpaired) electrons. The van der Waals surface area contributed by atoms with Crippen LogP contribution in [-0.4, -0.2) is 65.1 Å². The summed E-state index contributed by atoms with van der Waals surface area (Å²) >= 11 is 0. The predicted molar refractivity (Wildman–Crippen MR) is 112 cm³/mol. The van der Waals surface area contributed by atoms with Crippen molar-refractivity contribution in [2.75, 3.05) is 24.5 Å². The summed E-state index contributed by atoms with van der Waals surface area (Å²) in [5, 5.41) is 7.03. The Morgan fingerprint density at radius 3 is 2.79 bits per heavy atom. The van der Waals surface area contributed by atoms with Crippen LogP contribution >= 0.6 is 0 Å². The fourth-order valence-electron chi connectivity index (χ4n) is 4.88. The highest BCUT2D eigenvalue weighted by Crippen LogP contribution is 2.36. The van der Waals surface area contributed by atoms with Crippen molar-refractivity contribution in [2.45, 2.75) is 31.1 Å². The predicted octanol–water partition coefficient (Wildman–Crippen LogP) is 2.95. The number of aromatic nitrogens is 7. The summed E-state index contributed by atoms with van der Waals surface area (Å²) in [6, 6.07) is 2.44. The van der Waals surface area contributed by atoms with Gasteiger partial charge in [-0.05, 0) is 25.5 Å². The van der Waals surface area contributed by atoms with Crippen LogP contribution in [-0.2, 0) is 6.18 Å². The van der Waals surface area contributed by atoms with Crippen molar-refractivity contribution in [3.8, 4) is 11.5 Å². The molecule has 4 aromatic rings. The van der Waals surface area contributed by atoms with E-state index in [1.54, 1.807) is 6.20 Å². The number of halogens is 3. The molecule has 6 rings (SSSR count). The first-order chi connectivity index (χ1) is 16.0. The fourth-order valence-corrected chi connectivity index (χ4v) is 4.88. The topological polar surface area (TPSA) is 91.1 Å². The largest absolute Gasteiger partial charge is 0.434 e. The van der Waals surface area contributed by atoms with Crippen molar-refractivity contribution >= 4 is 11.5 Å². The lowest BCUT2D eigenvalue weighted by Crippen LogP contribution is -2.52. The van der Waals surface area contributed by atoms with Crippen molar-refractivity contribution in [2.24, 2.45) is 0 Å². The highest BCUT2D eigenvalue weighted by molar-refractivity contribution is 5.58.